The number of aliphatic hydroxyl groups is 1. The van der Waals surface area contributed by atoms with Crippen LogP contribution < -0.4 is 9.64 Å². The van der Waals surface area contributed by atoms with Crippen LogP contribution in [-0.2, 0) is 13.1 Å². The molecule has 2 fully saturated rings. The van der Waals surface area contributed by atoms with Gasteiger partial charge in [0.25, 0.3) is 5.91 Å². The van der Waals surface area contributed by atoms with E-state index in [0.29, 0.717) is 37.8 Å². The number of benzene rings is 2. The van der Waals surface area contributed by atoms with Crippen molar-refractivity contribution in [2.75, 3.05) is 45.2 Å². The molecule has 6 rings (SSSR count). The Balaban J connectivity index is 1.32. The lowest BCUT2D eigenvalue weighted by Crippen LogP contribution is -2.39. The molecule has 3 heterocycles. The maximum atomic E-state index is 13.9. The normalized spacial score (nSPS) is 20.0. The SMILES string of the molecule is CN(C)CC1(COc2nc3c(c(N4CCC[C@H](O)C4)n2)CN(C(=O)c2cc(O)cc4cccc(I)c24)C3)CC1. The first-order chi connectivity index (χ1) is 18.7. The highest BCUT2D eigenvalue weighted by Gasteiger charge is 2.44. The Labute approximate surface area is 241 Å². The number of nitrogens with zero attached hydrogens (tertiary/aromatic N) is 5. The van der Waals surface area contributed by atoms with Crippen molar-refractivity contribution in [1.82, 2.24) is 19.8 Å². The first kappa shape index (κ1) is 26.5. The summed E-state index contributed by atoms with van der Waals surface area (Å²) >= 11 is 2.24. The Kier molecular flexibility index (Phi) is 7.05. The minimum atomic E-state index is -0.413. The van der Waals surface area contributed by atoms with E-state index in [2.05, 4.69) is 46.5 Å². The van der Waals surface area contributed by atoms with Crippen LogP contribution in [0, 0.1) is 8.99 Å². The summed E-state index contributed by atoms with van der Waals surface area (Å²) in [7, 11) is 4.15. The Hall–Kier alpha value is -2.70. The van der Waals surface area contributed by atoms with Crippen LogP contribution in [0.5, 0.6) is 11.8 Å². The van der Waals surface area contributed by atoms with E-state index in [1.165, 1.54) is 0 Å². The lowest BCUT2D eigenvalue weighted by Gasteiger charge is -2.32. The number of halogens is 1. The van der Waals surface area contributed by atoms with Gasteiger partial charge in [-0.1, -0.05) is 12.1 Å². The number of hydrogen-bond acceptors (Lipinski definition) is 8. The molecular weight excluding hydrogens is 609 g/mol. The molecule has 0 unspecified atom stereocenters. The summed E-state index contributed by atoms with van der Waals surface area (Å²) in [6.45, 7) is 3.50. The van der Waals surface area contributed by atoms with Crippen LogP contribution in [-0.4, -0.2) is 82.3 Å². The minimum absolute atomic E-state index is 0.0646. The average molecular weight is 644 g/mol. The Morgan fingerprint density at radius 2 is 2.05 bits per heavy atom. The van der Waals surface area contributed by atoms with Crippen molar-refractivity contribution in [2.45, 2.75) is 44.9 Å². The number of phenols is 1. The smallest absolute Gasteiger partial charge is 0.318 e. The van der Waals surface area contributed by atoms with Crippen molar-refractivity contribution in [2.24, 2.45) is 5.41 Å². The summed E-state index contributed by atoms with van der Waals surface area (Å²) in [6.07, 6.45) is 3.48. The summed E-state index contributed by atoms with van der Waals surface area (Å²) in [4.78, 5) is 29.6. The first-order valence-corrected chi connectivity index (χ1v) is 14.6. The number of aliphatic hydroxyl groups excluding tert-OH is 1. The molecule has 0 bridgehead atoms. The number of aromatic hydroxyl groups is 1. The summed E-state index contributed by atoms with van der Waals surface area (Å²) in [5, 5.41) is 22.4. The molecule has 9 nitrogen and oxygen atoms in total. The van der Waals surface area contributed by atoms with Crippen LogP contribution in [0.25, 0.3) is 10.8 Å². The third-order valence-electron chi connectivity index (χ3n) is 7.98. The number of carbonyl (C=O) groups is 1. The predicted octanol–water partition coefficient (Wildman–Crippen LogP) is 3.78. The van der Waals surface area contributed by atoms with Gasteiger partial charge in [-0.25, -0.2) is 0 Å². The standard InChI is InChI=1S/C29H34IN5O4/c1-33(2)16-29(8-9-29)17-39-28-31-24-15-35(14-22(24)26(32-28)34-10-4-6-19(36)13-34)27(38)21-12-20(37)11-18-5-3-7-23(30)25(18)21/h3,5,7,11-12,19,36-37H,4,6,8-10,13-17H2,1-2H3/t19-/m0/s1. The zero-order valence-electron chi connectivity index (χ0n) is 22.4. The third-order valence-corrected chi connectivity index (χ3v) is 8.88. The highest BCUT2D eigenvalue weighted by Crippen LogP contribution is 2.46. The van der Waals surface area contributed by atoms with Crippen molar-refractivity contribution < 1.29 is 19.7 Å². The number of rotatable bonds is 7. The van der Waals surface area contributed by atoms with Gasteiger partial charge >= 0.3 is 6.01 Å². The van der Waals surface area contributed by atoms with Gasteiger partial charge in [0.15, 0.2) is 0 Å². The molecule has 39 heavy (non-hydrogen) atoms. The fraction of sp³-hybridized carbons (Fsp3) is 0.483. The van der Waals surface area contributed by atoms with Gasteiger partial charge in [-0.2, -0.15) is 9.97 Å². The molecule has 0 spiro atoms. The van der Waals surface area contributed by atoms with Crippen molar-refractivity contribution >= 4 is 45.1 Å². The monoisotopic (exact) mass is 643 g/mol. The van der Waals surface area contributed by atoms with Crippen LogP contribution in [0.3, 0.4) is 0 Å². The topological polar surface area (TPSA) is 102 Å². The van der Waals surface area contributed by atoms with E-state index in [9.17, 15) is 15.0 Å². The van der Waals surface area contributed by atoms with Crippen LogP contribution in [0.2, 0.25) is 0 Å². The van der Waals surface area contributed by atoms with Crippen LogP contribution >= 0.6 is 22.6 Å². The molecule has 1 atom stereocenters. The largest absolute Gasteiger partial charge is 0.508 e. The third kappa shape index (κ3) is 5.38. The van der Waals surface area contributed by atoms with Gasteiger partial charge in [0.1, 0.15) is 11.6 Å². The molecule has 1 aromatic heterocycles. The average Bonchev–Trinajstić information content (AvgIpc) is 3.51. The zero-order chi connectivity index (χ0) is 27.3. The van der Waals surface area contributed by atoms with E-state index in [0.717, 1.165) is 70.2 Å². The lowest BCUT2D eigenvalue weighted by molar-refractivity contribution is 0.0751. The Morgan fingerprint density at radius 1 is 1.23 bits per heavy atom. The van der Waals surface area contributed by atoms with E-state index >= 15 is 0 Å². The predicted molar refractivity (Wildman–Crippen MR) is 157 cm³/mol. The summed E-state index contributed by atoms with van der Waals surface area (Å²) < 4.78 is 7.17. The van der Waals surface area contributed by atoms with E-state index in [4.69, 9.17) is 14.7 Å². The van der Waals surface area contributed by atoms with E-state index in [-0.39, 0.29) is 17.1 Å². The molecular formula is C29H34IN5O4. The van der Waals surface area contributed by atoms with E-state index < -0.39 is 6.10 Å². The molecule has 206 valence electrons. The summed E-state index contributed by atoms with van der Waals surface area (Å²) in [6, 6.07) is 9.37. The van der Waals surface area contributed by atoms with Gasteiger partial charge in [0.2, 0.25) is 0 Å². The van der Waals surface area contributed by atoms with Gasteiger partial charge in [-0.3, -0.25) is 4.79 Å². The number of carbonyl (C=O) groups excluding carboxylic acids is 1. The molecule has 1 saturated carbocycles. The molecule has 0 radical (unpaired) electrons. The number of anilines is 1. The van der Waals surface area contributed by atoms with Gasteiger partial charge in [0, 0.05) is 39.6 Å². The number of β-amino-alcohol motifs (C(OH)–C–C–N with tert-alkyl or cyclic N) is 1. The fourth-order valence-electron chi connectivity index (χ4n) is 5.95. The molecule has 1 amide bonds. The van der Waals surface area contributed by atoms with Gasteiger partial charge in [-0.15, -0.1) is 0 Å². The second kappa shape index (κ2) is 10.4. The summed E-state index contributed by atoms with van der Waals surface area (Å²) in [5.41, 5.74) is 2.29. The molecule has 2 N–H and O–H groups in total. The molecule has 3 aliphatic rings. The number of amides is 1. The van der Waals surface area contributed by atoms with Gasteiger partial charge < -0.3 is 29.6 Å². The van der Waals surface area contributed by atoms with Crippen LogP contribution in [0.4, 0.5) is 5.82 Å². The number of fused-ring (bicyclic) bond motifs is 2. The second-order valence-corrected chi connectivity index (χ2v) is 12.7. The highest BCUT2D eigenvalue weighted by atomic mass is 127. The maximum absolute atomic E-state index is 13.9. The minimum Gasteiger partial charge on any atom is -0.508 e. The molecule has 2 aromatic carbocycles. The second-order valence-electron chi connectivity index (χ2n) is 11.5. The molecule has 1 saturated heterocycles. The maximum Gasteiger partial charge on any atom is 0.318 e. The number of aromatic nitrogens is 2. The van der Waals surface area contributed by atoms with E-state index in [1.807, 2.05) is 18.2 Å². The van der Waals surface area contributed by atoms with Crippen molar-refractivity contribution in [1.29, 1.82) is 0 Å². The Morgan fingerprint density at radius 3 is 2.79 bits per heavy atom. The first-order valence-electron chi connectivity index (χ1n) is 13.5. The van der Waals surface area contributed by atoms with Crippen molar-refractivity contribution in [3.8, 4) is 11.8 Å². The Bertz CT molecular complexity index is 1430. The van der Waals surface area contributed by atoms with Crippen LogP contribution in [0.15, 0.2) is 30.3 Å². The van der Waals surface area contributed by atoms with Crippen molar-refractivity contribution in [3.63, 3.8) is 0 Å². The quantitative estimate of drug-likeness (QED) is 0.376. The number of hydrogen-bond donors (Lipinski definition) is 2. The zero-order valence-corrected chi connectivity index (χ0v) is 24.5. The van der Waals surface area contributed by atoms with Crippen molar-refractivity contribution in [3.05, 3.63) is 50.7 Å². The highest BCUT2D eigenvalue weighted by molar-refractivity contribution is 14.1. The van der Waals surface area contributed by atoms with Gasteiger partial charge in [-0.05, 0) is 86.0 Å². The number of phenolic OH excluding ortho intramolecular Hbond substituents is 1. The van der Waals surface area contributed by atoms with Crippen LogP contribution in [0.1, 0.15) is 47.3 Å². The summed E-state index contributed by atoms with van der Waals surface area (Å²) in [5.74, 6) is 0.652. The fourth-order valence-corrected chi connectivity index (χ4v) is 6.76. The van der Waals surface area contributed by atoms with E-state index in [1.54, 1.807) is 17.0 Å². The lowest BCUT2D eigenvalue weighted by atomic mass is 10.0. The number of piperidine rings is 1. The molecule has 10 heteroatoms. The molecule has 2 aliphatic heterocycles. The number of ether oxygens (including phenoxy) is 1. The van der Waals surface area contributed by atoms with Gasteiger partial charge in [0.05, 0.1) is 37.1 Å². The molecule has 1 aliphatic carbocycles. The molecule has 3 aromatic rings.